The Morgan fingerprint density at radius 1 is 0.935 bits per heavy atom. The highest BCUT2D eigenvalue weighted by Crippen LogP contribution is 2.22. The van der Waals surface area contributed by atoms with E-state index < -0.39 is 5.91 Å². The third kappa shape index (κ3) is 4.06. The monoisotopic (exact) mass is 417 g/mol. The molecule has 1 aromatic heterocycles. The van der Waals surface area contributed by atoms with Crippen LogP contribution in [-0.2, 0) is 4.79 Å². The van der Waals surface area contributed by atoms with Crippen LogP contribution < -0.4 is 11.1 Å². The number of anilines is 1. The summed E-state index contributed by atoms with van der Waals surface area (Å²) in [5, 5.41) is 6.85. The summed E-state index contributed by atoms with van der Waals surface area (Å²) in [5.74, 6) is -1.48. The molecule has 4 amide bonds. The van der Waals surface area contributed by atoms with Gasteiger partial charge in [-0.2, -0.15) is 5.10 Å². The van der Waals surface area contributed by atoms with Gasteiger partial charge in [-0.1, -0.05) is 12.1 Å². The second-order valence-electron chi connectivity index (χ2n) is 7.02. The number of amides is 4. The molecule has 9 nitrogen and oxygen atoms in total. The molecule has 9 heteroatoms. The van der Waals surface area contributed by atoms with E-state index in [9.17, 15) is 19.2 Å². The molecule has 0 saturated carbocycles. The maximum absolute atomic E-state index is 12.3. The maximum atomic E-state index is 12.3. The lowest BCUT2D eigenvalue weighted by Crippen LogP contribution is -2.31. The fourth-order valence-corrected chi connectivity index (χ4v) is 3.36. The van der Waals surface area contributed by atoms with Gasteiger partial charge in [0.25, 0.3) is 17.7 Å². The number of carbonyl (C=O) groups excluding carboxylic acids is 4. The molecule has 0 radical (unpaired) electrons. The van der Waals surface area contributed by atoms with Gasteiger partial charge in [-0.3, -0.25) is 24.1 Å². The molecule has 0 fully saturated rings. The lowest BCUT2D eigenvalue weighted by atomic mass is 10.1. The highest BCUT2D eigenvalue weighted by atomic mass is 16.2. The van der Waals surface area contributed by atoms with Gasteiger partial charge in [0, 0.05) is 24.8 Å². The van der Waals surface area contributed by atoms with Crippen LogP contribution in [0.3, 0.4) is 0 Å². The number of fused-ring (bicyclic) bond motifs is 1. The van der Waals surface area contributed by atoms with Crippen molar-refractivity contribution < 1.29 is 19.2 Å². The molecule has 156 valence electrons. The zero-order valence-electron chi connectivity index (χ0n) is 16.4. The maximum Gasteiger partial charge on any atom is 0.269 e. The SMILES string of the molecule is NC(=O)c1ccn(-c2ccc(NC(=O)CCCN3C(=O)c4ccccc4C3=O)cc2)n1. The summed E-state index contributed by atoms with van der Waals surface area (Å²) in [6.07, 6.45) is 2.14. The van der Waals surface area contributed by atoms with Crippen molar-refractivity contribution in [1.29, 1.82) is 0 Å². The first-order valence-corrected chi connectivity index (χ1v) is 9.65. The molecule has 0 atom stereocenters. The van der Waals surface area contributed by atoms with Crippen molar-refractivity contribution in [1.82, 2.24) is 14.7 Å². The average Bonchev–Trinajstić information content (AvgIpc) is 3.35. The van der Waals surface area contributed by atoms with Crippen LogP contribution in [0, 0.1) is 0 Å². The van der Waals surface area contributed by atoms with Crippen LogP contribution in [0.15, 0.2) is 60.8 Å². The number of benzene rings is 2. The van der Waals surface area contributed by atoms with E-state index in [4.69, 9.17) is 5.73 Å². The van der Waals surface area contributed by atoms with Gasteiger partial charge in [-0.05, 0) is 48.9 Å². The molecule has 3 N–H and O–H groups in total. The predicted octanol–water partition coefficient (Wildman–Crippen LogP) is 1.99. The minimum absolute atomic E-state index is 0.162. The van der Waals surface area contributed by atoms with Crippen molar-refractivity contribution in [2.45, 2.75) is 12.8 Å². The van der Waals surface area contributed by atoms with Crippen LogP contribution >= 0.6 is 0 Å². The third-order valence-corrected chi connectivity index (χ3v) is 4.92. The molecule has 31 heavy (non-hydrogen) atoms. The number of hydrogen-bond acceptors (Lipinski definition) is 5. The first-order valence-electron chi connectivity index (χ1n) is 9.65. The summed E-state index contributed by atoms with van der Waals surface area (Å²) >= 11 is 0. The summed E-state index contributed by atoms with van der Waals surface area (Å²) in [5.41, 5.74) is 7.46. The van der Waals surface area contributed by atoms with E-state index >= 15 is 0 Å². The lowest BCUT2D eigenvalue weighted by Gasteiger charge is -2.13. The van der Waals surface area contributed by atoms with Crippen LogP contribution in [0.4, 0.5) is 5.69 Å². The number of primary amides is 1. The zero-order valence-corrected chi connectivity index (χ0v) is 16.4. The van der Waals surface area contributed by atoms with Crippen LogP contribution in [0.25, 0.3) is 5.69 Å². The van der Waals surface area contributed by atoms with Gasteiger partial charge in [0.15, 0.2) is 0 Å². The number of hydrogen-bond donors (Lipinski definition) is 2. The van der Waals surface area contributed by atoms with Crippen LogP contribution in [0.2, 0.25) is 0 Å². The van der Waals surface area contributed by atoms with Crippen LogP contribution in [-0.4, -0.2) is 44.9 Å². The summed E-state index contributed by atoms with van der Waals surface area (Å²) in [7, 11) is 0. The van der Waals surface area contributed by atoms with Crippen LogP contribution in [0.1, 0.15) is 44.0 Å². The Kier molecular flexibility index (Phi) is 5.31. The summed E-state index contributed by atoms with van der Waals surface area (Å²) in [6, 6.07) is 15.1. The topological polar surface area (TPSA) is 127 Å². The van der Waals surface area contributed by atoms with Gasteiger partial charge in [-0.15, -0.1) is 0 Å². The Morgan fingerprint density at radius 2 is 1.58 bits per heavy atom. The number of nitrogens with zero attached hydrogens (tertiary/aromatic N) is 3. The molecule has 2 aromatic carbocycles. The Morgan fingerprint density at radius 3 is 2.16 bits per heavy atom. The summed E-state index contributed by atoms with van der Waals surface area (Å²) in [6.45, 7) is 0.181. The van der Waals surface area contributed by atoms with Crippen molar-refractivity contribution in [3.8, 4) is 5.69 Å². The van der Waals surface area contributed by atoms with Crippen molar-refractivity contribution >= 4 is 29.3 Å². The molecule has 0 unspecified atom stereocenters. The van der Waals surface area contributed by atoms with Crippen molar-refractivity contribution in [2.24, 2.45) is 5.73 Å². The molecular weight excluding hydrogens is 398 g/mol. The van der Waals surface area contributed by atoms with E-state index in [2.05, 4.69) is 10.4 Å². The molecular formula is C22H19N5O4. The second kappa shape index (κ2) is 8.23. The summed E-state index contributed by atoms with van der Waals surface area (Å²) in [4.78, 5) is 49.2. The largest absolute Gasteiger partial charge is 0.364 e. The van der Waals surface area contributed by atoms with Crippen molar-refractivity contribution in [3.05, 3.63) is 77.6 Å². The Hall–Kier alpha value is -4.27. The van der Waals surface area contributed by atoms with Gasteiger partial charge >= 0.3 is 0 Å². The van der Waals surface area contributed by atoms with Crippen molar-refractivity contribution in [3.63, 3.8) is 0 Å². The molecule has 2 heterocycles. The van der Waals surface area contributed by atoms with E-state index in [1.54, 1.807) is 54.7 Å². The van der Waals surface area contributed by atoms with Gasteiger partial charge in [0.1, 0.15) is 5.69 Å². The molecule has 1 aliphatic heterocycles. The second-order valence-corrected chi connectivity index (χ2v) is 7.02. The minimum atomic E-state index is -0.608. The Balaban J connectivity index is 1.29. The number of imide groups is 1. The lowest BCUT2D eigenvalue weighted by molar-refractivity contribution is -0.116. The number of rotatable bonds is 7. The zero-order chi connectivity index (χ0) is 22.0. The molecule has 0 aliphatic carbocycles. The molecule has 0 spiro atoms. The Labute approximate surface area is 177 Å². The smallest absolute Gasteiger partial charge is 0.269 e. The molecule has 0 saturated heterocycles. The van der Waals surface area contributed by atoms with E-state index in [1.165, 1.54) is 15.6 Å². The minimum Gasteiger partial charge on any atom is -0.364 e. The standard InChI is InChI=1S/C22H19N5O4/c23-20(29)18-11-13-27(25-18)15-9-7-14(8-10-15)24-19(28)6-3-12-26-21(30)16-4-1-2-5-17(16)22(26)31/h1-2,4-5,7-11,13H,3,6,12H2,(H2,23,29)(H,24,28). The highest BCUT2D eigenvalue weighted by Gasteiger charge is 2.34. The summed E-state index contributed by atoms with van der Waals surface area (Å²) < 4.78 is 1.51. The van der Waals surface area contributed by atoms with E-state index in [1.807, 2.05) is 0 Å². The van der Waals surface area contributed by atoms with Gasteiger partial charge in [-0.25, -0.2) is 4.68 Å². The van der Waals surface area contributed by atoms with E-state index in [0.29, 0.717) is 28.9 Å². The Bertz CT molecular complexity index is 1150. The predicted molar refractivity (Wildman–Crippen MR) is 112 cm³/mol. The van der Waals surface area contributed by atoms with Crippen molar-refractivity contribution in [2.75, 3.05) is 11.9 Å². The normalized spacial score (nSPS) is 12.7. The number of nitrogens with one attached hydrogen (secondary N) is 1. The highest BCUT2D eigenvalue weighted by molar-refractivity contribution is 6.21. The van der Waals surface area contributed by atoms with Gasteiger partial charge < -0.3 is 11.1 Å². The average molecular weight is 417 g/mol. The van der Waals surface area contributed by atoms with E-state index in [0.717, 1.165) is 0 Å². The third-order valence-electron chi connectivity index (χ3n) is 4.92. The van der Waals surface area contributed by atoms with Gasteiger partial charge in [0.05, 0.1) is 16.8 Å². The molecule has 1 aliphatic rings. The first-order chi connectivity index (χ1) is 14.9. The van der Waals surface area contributed by atoms with Crippen LogP contribution in [0.5, 0.6) is 0 Å². The fraction of sp³-hybridized carbons (Fsp3) is 0.136. The molecule has 0 bridgehead atoms. The first kappa shape index (κ1) is 20.0. The number of aromatic nitrogens is 2. The van der Waals surface area contributed by atoms with E-state index in [-0.39, 0.29) is 36.4 Å². The molecule has 3 aromatic rings. The quantitative estimate of drug-likeness (QED) is 0.568. The fourth-order valence-electron chi connectivity index (χ4n) is 3.36. The van der Waals surface area contributed by atoms with Gasteiger partial charge in [0.2, 0.25) is 5.91 Å². The number of carbonyl (C=O) groups is 4. The molecule has 4 rings (SSSR count). The number of nitrogens with two attached hydrogens (primary N) is 1.